The highest BCUT2D eigenvalue weighted by Gasteiger charge is 2.21. The van der Waals surface area contributed by atoms with Crippen LogP contribution in [-0.2, 0) is 31.0 Å². The minimum absolute atomic E-state index is 0.300. The quantitative estimate of drug-likeness (QED) is 0.769. The predicted octanol–water partition coefficient (Wildman–Crippen LogP) is 0.815. The zero-order valence-electron chi connectivity index (χ0n) is 10.2. The molecule has 0 aliphatic heterocycles. The van der Waals surface area contributed by atoms with Crippen molar-refractivity contribution < 1.29 is 4.74 Å². The summed E-state index contributed by atoms with van der Waals surface area (Å²) in [5, 5.41) is 0. The molecule has 0 fully saturated rings. The maximum atomic E-state index is 5.96. The summed E-state index contributed by atoms with van der Waals surface area (Å²) in [7, 11) is 3.85. The second-order valence-electron chi connectivity index (χ2n) is 4.58. The molecule has 0 radical (unpaired) electrons. The number of aryl methyl sites for hydroxylation is 1. The summed E-state index contributed by atoms with van der Waals surface area (Å²) < 4.78 is 7.31. The summed E-state index contributed by atoms with van der Waals surface area (Å²) in [4.78, 5) is 4.70. The average molecular weight is 223 g/mol. The third kappa shape index (κ3) is 2.28. The second-order valence-corrected chi connectivity index (χ2v) is 4.58. The third-order valence-corrected chi connectivity index (χ3v) is 3.35. The van der Waals surface area contributed by atoms with E-state index in [1.54, 1.807) is 7.11 Å². The molecule has 4 nitrogen and oxygen atoms in total. The van der Waals surface area contributed by atoms with Crippen LogP contribution in [0.1, 0.15) is 30.1 Å². The van der Waals surface area contributed by atoms with Gasteiger partial charge in [-0.05, 0) is 19.3 Å². The Hall–Kier alpha value is -0.870. The highest BCUT2D eigenvalue weighted by molar-refractivity contribution is 5.21. The van der Waals surface area contributed by atoms with E-state index in [9.17, 15) is 0 Å². The molecular formula is C12H21N3O. The van der Waals surface area contributed by atoms with E-state index in [4.69, 9.17) is 15.5 Å². The monoisotopic (exact) mass is 223 g/mol. The van der Waals surface area contributed by atoms with Crippen LogP contribution in [0, 0.1) is 0 Å². The largest absolute Gasteiger partial charge is 0.385 e. The highest BCUT2D eigenvalue weighted by Crippen LogP contribution is 2.21. The van der Waals surface area contributed by atoms with Crippen molar-refractivity contribution in [1.82, 2.24) is 9.55 Å². The van der Waals surface area contributed by atoms with Crippen molar-refractivity contribution in [3.05, 3.63) is 17.2 Å². The van der Waals surface area contributed by atoms with E-state index >= 15 is 0 Å². The molecule has 90 valence electrons. The lowest BCUT2D eigenvalue weighted by Gasteiger charge is -2.17. The van der Waals surface area contributed by atoms with Crippen molar-refractivity contribution in [2.45, 2.75) is 38.1 Å². The smallest absolute Gasteiger partial charge is 0.109 e. The Bertz CT molecular complexity index is 359. The van der Waals surface area contributed by atoms with E-state index in [1.165, 1.54) is 17.2 Å². The van der Waals surface area contributed by atoms with Crippen LogP contribution < -0.4 is 5.73 Å². The third-order valence-electron chi connectivity index (χ3n) is 3.35. The van der Waals surface area contributed by atoms with Gasteiger partial charge in [-0.15, -0.1) is 0 Å². The van der Waals surface area contributed by atoms with Crippen molar-refractivity contribution in [1.29, 1.82) is 0 Å². The summed E-state index contributed by atoms with van der Waals surface area (Å²) in [5.74, 6) is 1.18. The fourth-order valence-electron chi connectivity index (χ4n) is 2.39. The first-order valence-corrected chi connectivity index (χ1v) is 6.00. The van der Waals surface area contributed by atoms with Gasteiger partial charge in [0.05, 0.1) is 5.69 Å². The van der Waals surface area contributed by atoms with Gasteiger partial charge in [-0.1, -0.05) is 0 Å². The van der Waals surface area contributed by atoms with Crippen molar-refractivity contribution in [2.75, 3.05) is 13.7 Å². The Balaban J connectivity index is 2.09. The lowest BCUT2D eigenvalue weighted by atomic mass is 9.97. The first-order valence-electron chi connectivity index (χ1n) is 6.00. The molecule has 1 atom stereocenters. The first kappa shape index (κ1) is 11.6. The molecule has 1 aromatic rings. The highest BCUT2D eigenvalue weighted by atomic mass is 16.5. The fraction of sp³-hybridized carbons (Fsp3) is 0.750. The van der Waals surface area contributed by atoms with E-state index in [0.717, 1.165) is 38.7 Å². The van der Waals surface area contributed by atoms with Crippen LogP contribution in [0.25, 0.3) is 0 Å². The Morgan fingerprint density at radius 3 is 3.12 bits per heavy atom. The molecule has 2 rings (SSSR count). The number of nitrogens with two attached hydrogens (primary N) is 1. The summed E-state index contributed by atoms with van der Waals surface area (Å²) in [6, 6.07) is 0.300. The molecule has 0 aromatic carbocycles. The predicted molar refractivity (Wildman–Crippen MR) is 63.4 cm³/mol. The number of aromatic nitrogens is 2. The second kappa shape index (κ2) is 4.97. The Kier molecular flexibility index (Phi) is 3.61. The minimum atomic E-state index is 0.300. The summed E-state index contributed by atoms with van der Waals surface area (Å²) in [6.07, 6.45) is 5.13. The van der Waals surface area contributed by atoms with E-state index in [0.29, 0.717) is 6.04 Å². The molecule has 0 spiro atoms. The van der Waals surface area contributed by atoms with Crippen molar-refractivity contribution >= 4 is 0 Å². The molecule has 2 N–H and O–H groups in total. The molecule has 1 aliphatic rings. The SMILES string of the molecule is COCCCc1nc2c(n1C)CCC(N)C2. The maximum absolute atomic E-state index is 5.96. The topological polar surface area (TPSA) is 53.1 Å². The number of methoxy groups -OCH3 is 1. The zero-order valence-corrected chi connectivity index (χ0v) is 10.2. The van der Waals surface area contributed by atoms with Crippen molar-refractivity contribution in [3.63, 3.8) is 0 Å². The molecule has 1 aromatic heterocycles. The number of nitrogens with zero attached hydrogens (tertiary/aromatic N) is 2. The van der Waals surface area contributed by atoms with Gasteiger partial charge in [0.25, 0.3) is 0 Å². The van der Waals surface area contributed by atoms with Gasteiger partial charge in [-0.2, -0.15) is 0 Å². The molecule has 1 aliphatic carbocycles. The van der Waals surface area contributed by atoms with Crippen molar-refractivity contribution in [3.8, 4) is 0 Å². The van der Waals surface area contributed by atoms with E-state index in [1.807, 2.05) is 0 Å². The van der Waals surface area contributed by atoms with E-state index < -0.39 is 0 Å². The van der Waals surface area contributed by atoms with Gasteiger partial charge >= 0.3 is 0 Å². The van der Waals surface area contributed by atoms with Gasteiger partial charge in [0.1, 0.15) is 5.82 Å². The van der Waals surface area contributed by atoms with Crippen LogP contribution in [-0.4, -0.2) is 29.3 Å². The fourth-order valence-corrected chi connectivity index (χ4v) is 2.39. The Morgan fingerprint density at radius 2 is 2.38 bits per heavy atom. The standard InChI is InChI=1S/C12H21N3O/c1-15-11-6-5-9(13)8-10(11)14-12(15)4-3-7-16-2/h9H,3-8,13H2,1-2H3. The molecule has 16 heavy (non-hydrogen) atoms. The molecule has 0 saturated carbocycles. The van der Waals surface area contributed by atoms with Crippen molar-refractivity contribution in [2.24, 2.45) is 12.8 Å². The first-order chi connectivity index (χ1) is 7.72. The lowest BCUT2D eigenvalue weighted by Crippen LogP contribution is -2.28. The Morgan fingerprint density at radius 1 is 1.56 bits per heavy atom. The van der Waals surface area contributed by atoms with Crippen LogP contribution in [0.3, 0.4) is 0 Å². The lowest BCUT2D eigenvalue weighted by molar-refractivity contribution is 0.194. The average Bonchev–Trinajstić information content (AvgIpc) is 2.56. The number of hydrogen-bond donors (Lipinski definition) is 1. The summed E-state index contributed by atoms with van der Waals surface area (Å²) in [6.45, 7) is 0.803. The van der Waals surface area contributed by atoms with Crippen LogP contribution in [0.4, 0.5) is 0 Å². The van der Waals surface area contributed by atoms with Crippen LogP contribution in [0.5, 0.6) is 0 Å². The maximum Gasteiger partial charge on any atom is 0.109 e. The number of imidazole rings is 1. The molecule has 1 unspecified atom stereocenters. The molecule has 0 amide bonds. The van der Waals surface area contributed by atoms with Gasteiger partial charge in [0.2, 0.25) is 0 Å². The van der Waals surface area contributed by atoms with Gasteiger partial charge in [0.15, 0.2) is 0 Å². The Labute approximate surface area is 96.8 Å². The van der Waals surface area contributed by atoms with Gasteiger partial charge in [-0.3, -0.25) is 0 Å². The van der Waals surface area contributed by atoms with E-state index in [2.05, 4.69) is 11.6 Å². The number of hydrogen-bond acceptors (Lipinski definition) is 3. The number of ether oxygens (including phenoxy) is 1. The molecule has 4 heteroatoms. The van der Waals surface area contributed by atoms with E-state index in [-0.39, 0.29) is 0 Å². The minimum Gasteiger partial charge on any atom is -0.385 e. The molecule has 1 heterocycles. The number of rotatable bonds is 4. The summed E-state index contributed by atoms with van der Waals surface area (Å²) >= 11 is 0. The molecule has 0 bridgehead atoms. The van der Waals surface area contributed by atoms with Gasteiger partial charge in [-0.25, -0.2) is 4.98 Å². The van der Waals surface area contributed by atoms with Crippen LogP contribution in [0.15, 0.2) is 0 Å². The van der Waals surface area contributed by atoms with Crippen LogP contribution >= 0.6 is 0 Å². The zero-order chi connectivity index (χ0) is 11.5. The van der Waals surface area contributed by atoms with Crippen LogP contribution in [0.2, 0.25) is 0 Å². The number of fused-ring (bicyclic) bond motifs is 1. The molecule has 0 saturated heterocycles. The van der Waals surface area contributed by atoms with Gasteiger partial charge in [0, 0.05) is 45.3 Å². The molecular weight excluding hydrogens is 202 g/mol. The summed E-state index contributed by atoms with van der Waals surface area (Å²) in [5.41, 5.74) is 8.56. The van der Waals surface area contributed by atoms with Gasteiger partial charge < -0.3 is 15.0 Å². The normalized spacial score (nSPS) is 19.8.